The number of amides is 1. The average Bonchev–Trinajstić information content (AvgIpc) is 2.23. The number of aryl methyl sites for hydroxylation is 2. The van der Waals surface area contributed by atoms with Crippen molar-refractivity contribution in [1.82, 2.24) is 9.97 Å². The first-order valence-electron chi connectivity index (χ1n) is 4.73. The van der Waals surface area contributed by atoms with E-state index in [2.05, 4.69) is 21.2 Å². The Kier molecular flexibility index (Phi) is 4.27. The second-order valence-electron chi connectivity index (χ2n) is 3.28. The van der Waals surface area contributed by atoms with E-state index in [9.17, 15) is 4.79 Å². The molecule has 5 heteroatoms. The van der Waals surface area contributed by atoms with Gasteiger partial charge in [-0.1, -0.05) is 0 Å². The number of carbonyl (C=O) groups is 1. The molecule has 1 aromatic rings. The van der Waals surface area contributed by atoms with Gasteiger partial charge in [-0.2, -0.15) is 0 Å². The summed E-state index contributed by atoms with van der Waals surface area (Å²) < 4.78 is 0. The first-order chi connectivity index (χ1) is 7.56. The summed E-state index contributed by atoms with van der Waals surface area (Å²) in [5.41, 5.74) is 1.99. The van der Waals surface area contributed by atoms with E-state index in [1.165, 1.54) is 6.33 Å². The van der Waals surface area contributed by atoms with Gasteiger partial charge in [-0.3, -0.25) is 4.79 Å². The second-order valence-corrected chi connectivity index (χ2v) is 3.81. The summed E-state index contributed by atoms with van der Waals surface area (Å²) >= 11 is 5.79. The summed E-state index contributed by atoms with van der Waals surface area (Å²) in [5.74, 6) is 2.01. The first kappa shape index (κ1) is 12.5. The van der Waals surface area contributed by atoms with Gasteiger partial charge in [0, 0.05) is 6.42 Å². The summed E-state index contributed by atoms with van der Waals surface area (Å²) in [6.45, 7) is 3.57. The molecule has 1 rings (SSSR count). The van der Waals surface area contributed by atoms with Crippen LogP contribution in [0.2, 0.25) is 0 Å². The van der Waals surface area contributed by atoms with Crippen LogP contribution in [0, 0.1) is 26.2 Å². The number of aromatic nitrogens is 2. The number of carbonyl (C=O) groups excluding carboxylic acids is 1. The summed E-state index contributed by atoms with van der Waals surface area (Å²) in [7, 11) is 0. The lowest BCUT2D eigenvalue weighted by molar-refractivity contribution is -0.115. The van der Waals surface area contributed by atoms with Crippen molar-refractivity contribution in [3.63, 3.8) is 0 Å². The van der Waals surface area contributed by atoms with Gasteiger partial charge in [-0.25, -0.2) is 9.97 Å². The van der Waals surface area contributed by atoms with Crippen LogP contribution in [-0.2, 0) is 4.79 Å². The quantitative estimate of drug-likeness (QED) is 0.643. The lowest BCUT2D eigenvalue weighted by Crippen LogP contribution is -2.24. The van der Waals surface area contributed by atoms with E-state index < -0.39 is 5.38 Å². The lowest BCUT2D eigenvalue weighted by Gasteiger charge is -2.11. The number of nitrogens with one attached hydrogen (secondary N) is 1. The molecule has 0 aromatic carbocycles. The Morgan fingerprint density at radius 3 is 2.62 bits per heavy atom. The number of alkyl halides is 1. The average molecular weight is 238 g/mol. The standard InChI is InChI=1S/C11H12ClN3O/c1-4-5-9(12)11(16)15-10-7(2)13-6-14-8(10)3/h1,6,9H,5H2,2-3H3,(H,15,16). The largest absolute Gasteiger partial charge is 0.322 e. The number of hydrogen-bond donors (Lipinski definition) is 1. The van der Waals surface area contributed by atoms with Crippen LogP contribution in [0.5, 0.6) is 0 Å². The zero-order valence-electron chi connectivity index (χ0n) is 9.12. The molecular weight excluding hydrogens is 226 g/mol. The zero-order valence-corrected chi connectivity index (χ0v) is 9.88. The molecular formula is C11H12ClN3O. The fraction of sp³-hybridized carbons (Fsp3) is 0.364. The summed E-state index contributed by atoms with van der Waals surface area (Å²) in [5, 5.41) is 1.94. The molecule has 16 heavy (non-hydrogen) atoms. The molecule has 0 aliphatic carbocycles. The molecule has 1 aromatic heterocycles. The van der Waals surface area contributed by atoms with E-state index >= 15 is 0 Å². The van der Waals surface area contributed by atoms with Gasteiger partial charge in [0.25, 0.3) is 0 Å². The summed E-state index contributed by atoms with van der Waals surface area (Å²) in [4.78, 5) is 19.6. The van der Waals surface area contributed by atoms with Gasteiger partial charge in [0.2, 0.25) is 5.91 Å². The van der Waals surface area contributed by atoms with Gasteiger partial charge in [0.15, 0.2) is 0 Å². The predicted molar refractivity (Wildman–Crippen MR) is 63.2 cm³/mol. The van der Waals surface area contributed by atoms with Crippen molar-refractivity contribution >= 4 is 23.2 Å². The molecule has 1 amide bonds. The second kappa shape index (κ2) is 5.47. The van der Waals surface area contributed by atoms with Gasteiger partial charge in [-0.15, -0.1) is 23.9 Å². The maximum Gasteiger partial charge on any atom is 0.243 e. The molecule has 84 valence electrons. The highest BCUT2D eigenvalue weighted by molar-refractivity contribution is 6.32. The minimum Gasteiger partial charge on any atom is -0.322 e. The topological polar surface area (TPSA) is 54.9 Å². The van der Waals surface area contributed by atoms with Crippen molar-refractivity contribution in [2.75, 3.05) is 5.32 Å². The number of hydrogen-bond acceptors (Lipinski definition) is 3. The Bertz CT molecular complexity index is 419. The fourth-order valence-electron chi connectivity index (χ4n) is 1.17. The molecule has 1 heterocycles. The molecule has 0 aliphatic heterocycles. The van der Waals surface area contributed by atoms with Crippen LogP contribution in [0.1, 0.15) is 17.8 Å². The molecule has 4 nitrogen and oxygen atoms in total. The van der Waals surface area contributed by atoms with E-state index in [1.54, 1.807) is 13.8 Å². The van der Waals surface area contributed by atoms with Crippen molar-refractivity contribution in [3.05, 3.63) is 17.7 Å². The molecule has 1 unspecified atom stereocenters. The highest BCUT2D eigenvalue weighted by Gasteiger charge is 2.16. The predicted octanol–water partition coefficient (Wildman–Crippen LogP) is 1.66. The number of anilines is 1. The van der Waals surface area contributed by atoms with E-state index in [-0.39, 0.29) is 12.3 Å². The van der Waals surface area contributed by atoms with Crippen LogP contribution in [0.25, 0.3) is 0 Å². The SMILES string of the molecule is C#CCC(Cl)C(=O)Nc1c(C)ncnc1C. The Balaban J connectivity index is 2.82. The van der Waals surface area contributed by atoms with Gasteiger partial charge in [0.05, 0.1) is 17.1 Å². The zero-order chi connectivity index (χ0) is 12.1. The molecule has 0 fully saturated rings. The van der Waals surface area contributed by atoms with E-state index in [0.29, 0.717) is 17.1 Å². The normalized spacial score (nSPS) is 11.6. The van der Waals surface area contributed by atoms with Gasteiger partial charge >= 0.3 is 0 Å². The maximum atomic E-state index is 11.6. The molecule has 0 bridgehead atoms. The molecule has 0 saturated carbocycles. The Morgan fingerprint density at radius 1 is 1.56 bits per heavy atom. The first-order valence-corrected chi connectivity index (χ1v) is 5.16. The highest BCUT2D eigenvalue weighted by atomic mass is 35.5. The maximum absolute atomic E-state index is 11.6. The summed E-state index contributed by atoms with van der Waals surface area (Å²) in [6, 6.07) is 0. The number of terminal acetylenes is 1. The van der Waals surface area contributed by atoms with Crippen molar-refractivity contribution in [3.8, 4) is 12.3 Å². The summed E-state index contributed by atoms with van der Waals surface area (Å²) in [6.07, 6.45) is 6.72. The van der Waals surface area contributed by atoms with Crippen molar-refractivity contribution in [2.45, 2.75) is 25.6 Å². The Morgan fingerprint density at radius 2 is 2.12 bits per heavy atom. The number of nitrogens with zero attached hydrogens (tertiary/aromatic N) is 2. The van der Waals surface area contributed by atoms with Crippen LogP contribution < -0.4 is 5.32 Å². The lowest BCUT2D eigenvalue weighted by atomic mass is 10.2. The van der Waals surface area contributed by atoms with Gasteiger partial charge in [-0.05, 0) is 13.8 Å². The minimum absolute atomic E-state index is 0.194. The minimum atomic E-state index is -0.732. The highest BCUT2D eigenvalue weighted by Crippen LogP contribution is 2.16. The van der Waals surface area contributed by atoms with Gasteiger partial charge in [0.1, 0.15) is 11.7 Å². The van der Waals surface area contributed by atoms with Gasteiger partial charge < -0.3 is 5.32 Å². The molecule has 0 saturated heterocycles. The molecule has 1 atom stereocenters. The van der Waals surface area contributed by atoms with E-state index in [1.807, 2.05) is 0 Å². The van der Waals surface area contributed by atoms with Crippen LogP contribution in [-0.4, -0.2) is 21.3 Å². The smallest absolute Gasteiger partial charge is 0.243 e. The third-order valence-corrected chi connectivity index (χ3v) is 2.41. The van der Waals surface area contributed by atoms with E-state index in [0.717, 1.165) is 0 Å². The molecule has 1 N–H and O–H groups in total. The number of rotatable bonds is 3. The van der Waals surface area contributed by atoms with Crippen molar-refractivity contribution < 1.29 is 4.79 Å². The Hall–Kier alpha value is -1.60. The van der Waals surface area contributed by atoms with Crippen LogP contribution in [0.3, 0.4) is 0 Å². The van der Waals surface area contributed by atoms with Crippen molar-refractivity contribution in [2.24, 2.45) is 0 Å². The Labute approximate surface area is 99.4 Å². The molecule has 0 radical (unpaired) electrons. The van der Waals surface area contributed by atoms with E-state index in [4.69, 9.17) is 18.0 Å². The van der Waals surface area contributed by atoms with Crippen LogP contribution in [0.15, 0.2) is 6.33 Å². The molecule has 0 aliphatic rings. The fourth-order valence-corrected chi connectivity index (χ4v) is 1.32. The third-order valence-electron chi connectivity index (χ3n) is 2.06. The van der Waals surface area contributed by atoms with Crippen molar-refractivity contribution in [1.29, 1.82) is 0 Å². The number of halogens is 1. The third kappa shape index (κ3) is 2.94. The molecule has 0 spiro atoms. The monoisotopic (exact) mass is 237 g/mol. The van der Waals surface area contributed by atoms with Crippen LogP contribution >= 0.6 is 11.6 Å². The van der Waals surface area contributed by atoms with Crippen LogP contribution in [0.4, 0.5) is 5.69 Å².